The molecule has 12 heteroatoms. The maximum Gasteiger partial charge on any atom is 0.459 e. The molecule has 0 saturated carbocycles. The molecule has 0 radical (unpaired) electrons. The first-order chi connectivity index (χ1) is 16.7. The fourth-order valence-corrected chi connectivity index (χ4v) is 4.72. The Hall–Kier alpha value is -3.05. The molecule has 0 fully saturated rings. The number of anilines is 1. The van der Waals surface area contributed by atoms with Crippen LogP contribution in [-0.2, 0) is 9.84 Å². The van der Waals surface area contributed by atoms with Gasteiger partial charge in [-0.25, -0.2) is 12.8 Å². The lowest BCUT2D eigenvalue weighted by atomic mass is 9.95. The van der Waals surface area contributed by atoms with E-state index >= 15 is 0 Å². The van der Waals surface area contributed by atoms with Crippen molar-refractivity contribution in [3.8, 4) is 11.1 Å². The van der Waals surface area contributed by atoms with Gasteiger partial charge in [0.1, 0.15) is 11.5 Å². The molecule has 4 nitrogen and oxygen atoms in total. The van der Waals surface area contributed by atoms with Crippen molar-refractivity contribution >= 4 is 32.8 Å². The molecule has 0 aromatic heterocycles. The molecular formula is C24H17ClF6N2O2S. The van der Waals surface area contributed by atoms with Crippen molar-refractivity contribution in [2.45, 2.75) is 29.5 Å². The number of hydrogen-bond donors (Lipinski definition) is 0. The Labute approximate surface area is 207 Å². The van der Waals surface area contributed by atoms with Gasteiger partial charge >= 0.3 is 12.1 Å². The number of hydrogen-bond acceptors (Lipinski definition) is 4. The number of benzene rings is 3. The van der Waals surface area contributed by atoms with Crippen molar-refractivity contribution in [2.24, 2.45) is 5.10 Å². The van der Waals surface area contributed by atoms with E-state index in [-0.39, 0.29) is 15.6 Å². The fraction of sp³-hybridized carbons (Fsp3) is 0.208. The van der Waals surface area contributed by atoms with Crippen LogP contribution < -0.4 is 5.01 Å². The Morgan fingerprint density at radius 3 is 2.19 bits per heavy atom. The van der Waals surface area contributed by atoms with Crippen LogP contribution in [-0.4, -0.2) is 32.5 Å². The van der Waals surface area contributed by atoms with Crippen LogP contribution >= 0.6 is 11.6 Å². The van der Waals surface area contributed by atoms with E-state index in [2.05, 4.69) is 5.10 Å². The summed E-state index contributed by atoms with van der Waals surface area (Å²) < 4.78 is 105. The fourth-order valence-electron chi connectivity index (χ4n) is 3.83. The van der Waals surface area contributed by atoms with Crippen molar-refractivity contribution in [2.75, 3.05) is 11.3 Å². The molecule has 4 rings (SSSR count). The smallest absolute Gasteiger partial charge is 0.256 e. The number of nitrogens with zero attached hydrogens (tertiary/aromatic N) is 2. The summed E-state index contributed by atoms with van der Waals surface area (Å²) in [4.78, 5) is 0.0998. The minimum atomic E-state index is -5.86. The van der Waals surface area contributed by atoms with Crippen molar-refractivity contribution in [3.05, 3.63) is 83.1 Å². The van der Waals surface area contributed by atoms with Crippen LogP contribution in [0.4, 0.5) is 32.0 Å². The zero-order chi connectivity index (χ0) is 26.5. The lowest BCUT2D eigenvalue weighted by Gasteiger charge is -2.25. The highest BCUT2D eigenvalue weighted by Crippen LogP contribution is 2.46. The molecule has 1 atom stereocenters. The molecule has 190 valence electrons. The van der Waals surface area contributed by atoms with Gasteiger partial charge in [-0.05, 0) is 53.1 Å². The zero-order valence-electron chi connectivity index (χ0n) is 18.4. The third-order valence-electron chi connectivity index (χ3n) is 5.67. The number of sulfone groups is 1. The Kier molecular flexibility index (Phi) is 6.59. The summed E-state index contributed by atoms with van der Waals surface area (Å²) in [5.74, 6) is -5.91. The van der Waals surface area contributed by atoms with Crippen LogP contribution in [0, 0.1) is 5.82 Å². The molecule has 0 spiro atoms. The zero-order valence-corrected chi connectivity index (χ0v) is 20.0. The quantitative estimate of drug-likeness (QED) is 0.322. The molecule has 1 unspecified atom stereocenters. The van der Waals surface area contributed by atoms with Gasteiger partial charge in [0, 0.05) is 12.7 Å². The predicted octanol–water partition coefficient (Wildman–Crippen LogP) is 7.05. The standard InChI is InChI=1S/C24H17ClF6N2O2S/c1-36(34,35)18-8-5-14(6-9-18)15-3-2-4-16(11-15)21-13-22(23(27,28)24(29,30)31)32-33(21)20-10-7-17(26)12-19(20)25/h2-12,21H,13H2,1H3. The van der Waals surface area contributed by atoms with Crippen LogP contribution in [0.15, 0.2) is 76.7 Å². The SMILES string of the molecule is CS(=O)(=O)c1ccc(-c2cccc(C3CC(C(F)(F)C(F)(F)F)=NN3c3ccc(F)cc3Cl)c2)cc1. The summed E-state index contributed by atoms with van der Waals surface area (Å²) in [6.45, 7) is 0. The van der Waals surface area contributed by atoms with E-state index in [4.69, 9.17) is 11.6 Å². The largest absolute Gasteiger partial charge is 0.459 e. The van der Waals surface area contributed by atoms with Gasteiger partial charge in [0.2, 0.25) is 0 Å². The monoisotopic (exact) mass is 546 g/mol. The first-order valence-electron chi connectivity index (χ1n) is 10.4. The van der Waals surface area contributed by atoms with Gasteiger partial charge in [0.15, 0.2) is 9.84 Å². The molecule has 3 aromatic rings. The highest BCUT2D eigenvalue weighted by Gasteiger charge is 2.62. The third kappa shape index (κ3) is 4.94. The maximum absolute atomic E-state index is 14.2. The maximum atomic E-state index is 14.2. The molecular weight excluding hydrogens is 530 g/mol. The summed E-state index contributed by atoms with van der Waals surface area (Å²) in [5, 5.41) is 4.31. The Morgan fingerprint density at radius 2 is 1.61 bits per heavy atom. The minimum absolute atomic E-state index is 0.0426. The lowest BCUT2D eigenvalue weighted by molar-refractivity contribution is -0.249. The minimum Gasteiger partial charge on any atom is -0.256 e. The second kappa shape index (κ2) is 9.11. The lowest BCUT2D eigenvalue weighted by Crippen LogP contribution is -2.43. The second-order valence-electron chi connectivity index (χ2n) is 8.20. The topological polar surface area (TPSA) is 49.7 Å². The first-order valence-corrected chi connectivity index (χ1v) is 12.6. The van der Waals surface area contributed by atoms with Crippen LogP contribution in [0.1, 0.15) is 18.0 Å². The summed E-state index contributed by atoms with van der Waals surface area (Å²) in [6.07, 6.45) is -5.56. The second-order valence-corrected chi connectivity index (χ2v) is 10.6. The number of alkyl halides is 5. The van der Waals surface area contributed by atoms with Crippen LogP contribution in [0.25, 0.3) is 11.1 Å². The van der Waals surface area contributed by atoms with Crippen LogP contribution in [0.5, 0.6) is 0 Å². The third-order valence-corrected chi connectivity index (χ3v) is 7.10. The van der Waals surface area contributed by atoms with E-state index in [0.717, 1.165) is 29.5 Å². The number of rotatable bonds is 5. The molecule has 1 aliphatic heterocycles. The summed E-state index contributed by atoms with van der Waals surface area (Å²) in [6, 6.07) is 14.2. The highest BCUT2D eigenvalue weighted by molar-refractivity contribution is 7.90. The van der Waals surface area contributed by atoms with Crippen LogP contribution in [0.2, 0.25) is 5.02 Å². The average molecular weight is 547 g/mol. The van der Waals surface area contributed by atoms with Gasteiger partial charge in [-0.15, -0.1) is 0 Å². The van der Waals surface area contributed by atoms with E-state index in [9.17, 15) is 34.8 Å². The van der Waals surface area contributed by atoms with Gasteiger partial charge < -0.3 is 0 Å². The molecule has 0 saturated heterocycles. The Morgan fingerprint density at radius 1 is 0.944 bits per heavy atom. The molecule has 1 heterocycles. The molecule has 0 amide bonds. The van der Waals surface area contributed by atoms with Gasteiger partial charge in [0.25, 0.3) is 0 Å². The number of halogens is 7. The average Bonchev–Trinajstić information content (AvgIpc) is 3.24. The van der Waals surface area contributed by atoms with Crippen LogP contribution in [0.3, 0.4) is 0 Å². The molecule has 3 aromatic carbocycles. The van der Waals surface area contributed by atoms with E-state index in [1.165, 1.54) is 18.2 Å². The van der Waals surface area contributed by atoms with E-state index in [1.807, 2.05) is 0 Å². The molecule has 0 aliphatic carbocycles. The summed E-state index contributed by atoms with van der Waals surface area (Å²) in [7, 11) is -3.42. The van der Waals surface area contributed by atoms with E-state index < -0.39 is 45.9 Å². The van der Waals surface area contributed by atoms with Crippen molar-refractivity contribution in [3.63, 3.8) is 0 Å². The van der Waals surface area contributed by atoms with Gasteiger partial charge in [-0.2, -0.15) is 27.1 Å². The van der Waals surface area contributed by atoms with E-state index in [0.29, 0.717) is 16.7 Å². The first kappa shape index (κ1) is 26.0. The Bertz CT molecular complexity index is 1440. The van der Waals surface area contributed by atoms with Crippen molar-refractivity contribution in [1.29, 1.82) is 0 Å². The van der Waals surface area contributed by atoms with E-state index in [1.54, 1.807) is 30.3 Å². The normalized spacial score (nSPS) is 16.8. The summed E-state index contributed by atoms with van der Waals surface area (Å²) in [5.41, 5.74) is 0.0585. The summed E-state index contributed by atoms with van der Waals surface area (Å²) >= 11 is 6.08. The van der Waals surface area contributed by atoms with Crippen molar-refractivity contribution < 1.29 is 34.8 Å². The van der Waals surface area contributed by atoms with Gasteiger partial charge in [-0.3, -0.25) is 5.01 Å². The molecule has 0 bridgehead atoms. The van der Waals surface area contributed by atoms with Crippen molar-refractivity contribution in [1.82, 2.24) is 0 Å². The van der Waals surface area contributed by atoms with Gasteiger partial charge in [-0.1, -0.05) is 41.9 Å². The molecule has 36 heavy (non-hydrogen) atoms. The highest BCUT2D eigenvalue weighted by atomic mass is 35.5. The molecule has 0 N–H and O–H groups in total. The molecule has 1 aliphatic rings. The number of hydrazone groups is 1. The van der Waals surface area contributed by atoms with Gasteiger partial charge in [0.05, 0.1) is 21.6 Å². The predicted molar refractivity (Wildman–Crippen MR) is 125 cm³/mol. The Balaban J connectivity index is 1.77.